The van der Waals surface area contributed by atoms with E-state index in [1.54, 1.807) is 24.3 Å². The summed E-state index contributed by atoms with van der Waals surface area (Å²) in [7, 11) is 1.65. The lowest BCUT2D eigenvalue weighted by Gasteiger charge is -2.18. The van der Waals surface area contributed by atoms with Gasteiger partial charge in [-0.1, -0.05) is 60.1 Å². The van der Waals surface area contributed by atoms with Crippen LogP contribution in [0.4, 0.5) is 5.69 Å². The van der Waals surface area contributed by atoms with Crippen molar-refractivity contribution in [3.05, 3.63) is 106 Å². The van der Waals surface area contributed by atoms with Crippen molar-refractivity contribution in [1.29, 1.82) is 0 Å². The number of methoxy groups -OCH3 is 1. The van der Waals surface area contributed by atoms with E-state index in [0.29, 0.717) is 29.1 Å². The number of rotatable bonds is 5. The first-order valence-electron chi connectivity index (χ1n) is 9.70. The molecule has 0 aromatic heterocycles. The molecule has 0 atom stereocenters. The van der Waals surface area contributed by atoms with Gasteiger partial charge in [0.15, 0.2) is 6.29 Å². The van der Waals surface area contributed by atoms with Crippen molar-refractivity contribution in [3.63, 3.8) is 0 Å². The molecule has 0 unspecified atom stereocenters. The predicted octanol–water partition coefficient (Wildman–Crippen LogP) is 6.29. The summed E-state index contributed by atoms with van der Waals surface area (Å²) in [6.45, 7) is 8.29. The van der Waals surface area contributed by atoms with E-state index in [2.05, 4.69) is 6.58 Å². The highest BCUT2D eigenvalue weighted by Gasteiger charge is 2.00. The number of halogens is 2. The van der Waals surface area contributed by atoms with E-state index in [-0.39, 0.29) is 0 Å². The molecule has 3 aromatic carbocycles. The summed E-state index contributed by atoms with van der Waals surface area (Å²) in [5.74, 6) is 6.58. The highest BCUT2D eigenvalue weighted by Crippen LogP contribution is 2.15. The fourth-order valence-electron chi connectivity index (χ4n) is 2.26. The topological polar surface area (TPSA) is 81.6 Å². The molecule has 0 saturated carbocycles. The zero-order chi connectivity index (χ0) is 24.1. The Kier molecular flexibility index (Phi) is 12.0. The minimum Gasteiger partial charge on any atom is -0.497 e. The molecule has 0 aliphatic rings. The van der Waals surface area contributed by atoms with E-state index < -0.39 is 0 Å². The van der Waals surface area contributed by atoms with E-state index in [4.69, 9.17) is 39.5 Å². The van der Waals surface area contributed by atoms with Crippen LogP contribution >= 0.6 is 23.2 Å². The molecular formula is C25H29Cl2N3O2. The minimum atomic E-state index is 0.438. The second-order valence-corrected chi connectivity index (χ2v) is 7.70. The van der Waals surface area contributed by atoms with Gasteiger partial charge in [0.25, 0.3) is 0 Å². The Bertz CT molecular complexity index is 987. The first-order valence-corrected chi connectivity index (χ1v) is 10.5. The van der Waals surface area contributed by atoms with Gasteiger partial charge in [-0.2, -0.15) is 0 Å². The summed E-state index contributed by atoms with van der Waals surface area (Å²) in [4.78, 5) is 10.2. The molecule has 0 saturated heterocycles. The Balaban J connectivity index is 0.000000251. The van der Waals surface area contributed by atoms with E-state index >= 15 is 0 Å². The van der Waals surface area contributed by atoms with Gasteiger partial charge in [0.1, 0.15) is 5.75 Å². The second kappa shape index (κ2) is 14.1. The van der Waals surface area contributed by atoms with Gasteiger partial charge in [0.2, 0.25) is 0 Å². The molecule has 3 rings (SSSR count). The number of nitrogen functional groups attached to an aromatic ring is 1. The number of benzene rings is 3. The molecular weight excluding hydrogens is 445 g/mol. The van der Waals surface area contributed by atoms with Crippen LogP contribution in [0.2, 0.25) is 10.0 Å². The van der Waals surface area contributed by atoms with Crippen LogP contribution < -0.4 is 16.3 Å². The van der Waals surface area contributed by atoms with Crippen molar-refractivity contribution in [2.45, 2.75) is 20.4 Å². The van der Waals surface area contributed by atoms with Crippen molar-refractivity contribution in [3.8, 4) is 5.75 Å². The number of hydrazine groups is 1. The standard InChI is InChI=1S/C11H16N2O.C7H6ClNO.C7H7Cl/c1-9(2)13(12)8-10-4-6-11(14-3)7-5-10;8-6-1-2-7(9)5(3-6)4-10;1-6-4-2-3-5-7(6)8/h4-7H,1,8,12H2,2-3H3;1-4H,9H2;2-5H,1H3. The number of anilines is 1. The summed E-state index contributed by atoms with van der Waals surface area (Å²) < 4.78 is 5.06. The number of ether oxygens (including phenoxy) is 1. The lowest BCUT2D eigenvalue weighted by atomic mass is 10.2. The molecule has 0 spiro atoms. The molecule has 0 fully saturated rings. The Labute approximate surface area is 200 Å². The summed E-state index contributed by atoms with van der Waals surface area (Å²) in [5.41, 5.74) is 9.42. The number of hydrogen-bond acceptors (Lipinski definition) is 5. The van der Waals surface area contributed by atoms with Crippen molar-refractivity contribution in [2.75, 3.05) is 12.8 Å². The molecule has 0 radical (unpaired) electrons. The molecule has 0 heterocycles. The number of hydrogen-bond donors (Lipinski definition) is 2. The lowest BCUT2D eigenvalue weighted by molar-refractivity contribution is 0.112. The SMILES string of the molecule is C=C(C)N(N)Cc1ccc(OC)cc1.Cc1ccccc1Cl.Nc1ccc(Cl)cc1C=O. The third-order valence-electron chi connectivity index (χ3n) is 4.25. The zero-order valence-corrected chi connectivity index (χ0v) is 20.0. The van der Waals surface area contributed by atoms with Crippen LogP contribution in [-0.4, -0.2) is 18.4 Å². The quantitative estimate of drug-likeness (QED) is 0.197. The average molecular weight is 474 g/mol. The number of carbonyl (C=O) groups is 1. The summed E-state index contributed by atoms with van der Waals surface area (Å²) in [5, 5.41) is 2.98. The third kappa shape index (κ3) is 9.88. The van der Waals surface area contributed by atoms with Crippen LogP contribution in [0.15, 0.2) is 79.0 Å². The van der Waals surface area contributed by atoms with Crippen LogP contribution in [0, 0.1) is 6.92 Å². The molecule has 32 heavy (non-hydrogen) atoms. The normalized spacial score (nSPS) is 9.44. The Morgan fingerprint density at radius 1 is 1.09 bits per heavy atom. The third-order valence-corrected chi connectivity index (χ3v) is 4.91. The van der Waals surface area contributed by atoms with Gasteiger partial charge >= 0.3 is 0 Å². The summed E-state index contributed by atoms with van der Waals surface area (Å²) in [6, 6.07) is 20.4. The monoisotopic (exact) mass is 473 g/mol. The predicted molar refractivity (Wildman–Crippen MR) is 135 cm³/mol. The first kappa shape index (κ1) is 27.0. The van der Waals surface area contributed by atoms with E-state index in [0.717, 1.165) is 27.6 Å². The molecule has 4 N–H and O–H groups in total. The maximum absolute atomic E-state index is 10.2. The number of aryl methyl sites for hydroxylation is 1. The van der Waals surface area contributed by atoms with Crippen molar-refractivity contribution in [2.24, 2.45) is 5.84 Å². The second-order valence-electron chi connectivity index (χ2n) is 6.85. The van der Waals surface area contributed by atoms with Crippen molar-refractivity contribution >= 4 is 35.2 Å². The van der Waals surface area contributed by atoms with E-state index in [1.807, 2.05) is 62.4 Å². The van der Waals surface area contributed by atoms with Crippen LogP contribution in [0.5, 0.6) is 5.75 Å². The average Bonchev–Trinajstić information content (AvgIpc) is 2.78. The van der Waals surface area contributed by atoms with E-state index in [1.165, 1.54) is 6.07 Å². The smallest absolute Gasteiger partial charge is 0.152 e. The number of aldehydes is 1. The maximum Gasteiger partial charge on any atom is 0.152 e. The number of carbonyl (C=O) groups excluding carboxylic acids is 1. The summed E-state index contributed by atoms with van der Waals surface area (Å²) >= 11 is 11.3. The van der Waals surface area contributed by atoms with Gasteiger partial charge in [0, 0.05) is 27.0 Å². The van der Waals surface area contributed by atoms with Gasteiger partial charge in [-0.15, -0.1) is 0 Å². The Morgan fingerprint density at radius 2 is 1.72 bits per heavy atom. The molecule has 5 nitrogen and oxygen atoms in total. The van der Waals surface area contributed by atoms with Gasteiger partial charge in [0.05, 0.1) is 13.7 Å². The van der Waals surface area contributed by atoms with Crippen molar-refractivity contribution < 1.29 is 9.53 Å². The van der Waals surface area contributed by atoms with E-state index in [9.17, 15) is 4.79 Å². The molecule has 0 bridgehead atoms. The van der Waals surface area contributed by atoms with Crippen LogP contribution in [0.1, 0.15) is 28.4 Å². The van der Waals surface area contributed by atoms with Crippen LogP contribution in [0.25, 0.3) is 0 Å². The molecule has 7 heteroatoms. The van der Waals surface area contributed by atoms with Gasteiger partial charge in [-0.25, -0.2) is 5.84 Å². The highest BCUT2D eigenvalue weighted by atomic mass is 35.5. The molecule has 0 aliphatic heterocycles. The maximum atomic E-state index is 10.2. The number of nitrogens with zero attached hydrogens (tertiary/aromatic N) is 1. The Hall–Kier alpha value is -2.99. The first-order chi connectivity index (χ1) is 15.2. The largest absolute Gasteiger partial charge is 0.497 e. The fourth-order valence-corrected chi connectivity index (χ4v) is 2.58. The van der Waals surface area contributed by atoms with Crippen LogP contribution in [-0.2, 0) is 6.54 Å². The van der Waals surface area contributed by atoms with Gasteiger partial charge < -0.3 is 15.5 Å². The number of nitrogens with two attached hydrogens (primary N) is 2. The minimum absolute atomic E-state index is 0.438. The molecule has 3 aromatic rings. The number of allylic oxidation sites excluding steroid dienone is 1. The van der Waals surface area contributed by atoms with Crippen LogP contribution in [0.3, 0.4) is 0 Å². The fraction of sp³-hybridized carbons (Fsp3) is 0.160. The molecule has 0 aliphatic carbocycles. The lowest BCUT2D eigenvalue weighted by Crippen LogP contribution is -2.27. The van der Waals surface area contributed by atoms with Crippen molar-refractivity contribution in [1.82, 2.24) is 5.01 Å². The van der Waals surface area contributed by atoms with Gasteiger partial charge in [-0.3, -0.25) is 4.79 Å². The summed E-state index contributed by atoms with van der Waals surface area (Å²) in [6.07, 6.45) is 0.682. The zero-order valence-electron chi connectivity index (χ0n) is 18.5. The Morgan fingerprint density at radius 3 is 2.16 bits per heavy atom. The molecule has 0 amide bonds. The van der Waals surface area contributed by atoms with Gasteiger partial charge in [-0.05, 0) is 61.4 Å². The highest BCUT2D eigenvalue weighted by molar-refractivity contribution is 6.31. The molecule has 170 valence electrons.